The molecule has 1 aliphatic rings. The predicted octanol–water partition coefficient (Wildman–Crippen LogP) is 4.54. The van der Waals surface area contributed by atoms with Crippen LogP contribution in [-0.4, -0.2) is 35.9 Å². The second kappa shape index (κ2) is 6.96. The second-order valence-corrected chi connectivity index (χ2v) is 7.35. The summed E-state index contributed by atoms with van der Waals surface area (Å²) in [4.78, 5) is 18.4. The number of benzene rings is 2. The number of fused-ring (bicyclic) bond motifs is 1. The number of nitrogens with zero attached hydrogens (tertiary/aromatic N) is 1. The first-order chi connectivity index (χ1) is 12.6. The van der Waals surface area contributed by atoms with E-state index in [0.29, 0.717) is 5.92 Å². The summed E-state index contributed by atoms with van der Waals surface area (Å²) in [5, 5.41) is 4.28. The summed E-state index contributed by atoms with van der Waals surface area (Å²) in [5.41, 5.74) is 5.06. The largest absolute Gasteiger partial charge is 0.361 e. The molecule has 3 aromatic rings. The number of aromatic nitrogens is 1. The molecule has 4 nitrogen and oxygen atoms in total. The first kappa shape index (κ1) is 16.9. The number of nitrogens with one attached hydrogen (secondary N) is 2. The highest BCUT2D eigenvalue weighted by molar-refractivity contribution is 6.06. The van der Waals surface area contributed by atoms with Crippen molar-refractivity contribution in [3.8, 4) is 0 Å². The quantitative estimate of drug-likeness (QED) is 0.731. The van der Waals surface area contributed by atoms with Gasteiger partial charge < -0.3 is 15.2 Å². The van der Waals surface area contributed by atoms with Gasteiger partial charge in [-0.2, -0.15) is 0 Å². The molecule has 0 atom stereocenters. The minimum absolute atomic E-state index is 0.0566. The van der Waals surface area contributed by atoms with Gasteiger partial charge in [0.25, 0.3) is 5.91 Å². The van der Waals surface area contributed by atoms with Crippen LogP contribution < -0.4 is 5.32 Å². The molecule has 4 rings (SSSR count). The highest BCUT2D eigenvalue weighted by Gasteiger charge is 2.21. The highest BCUT2D eigenvalue weighted by Crippen LogP contribution is 2.34. The van der Waals surface area contributed by atoms with E-state index in [4.69, 9.17) is 0 Å². The molecule has 0 radical (unpaired) electrons. The molecule has 2 aromatic carbocycles. The third kappa shape index (κ3) is 3.25. The lowest BCUT2D eigenvalue weighted by atomic mass is 9.89. The minimum Gasteiger partial charge on any atom is -0.361 e. The van der Waals surface area contributed by atoms with Gasteiger partial charge in [0.15, 0.2) is 0 Å². The zero-order chi connectivity index (χ0) is 18.1. The number of amides is 1. The second-order valence-electron chi connectivity index (χ2n) is 7.35. The fraction of sp³-hybridized carbons (Fsp3) is 0.318. The molecule has 0 unspecified atom stereocenters. The standard InChI is InChI=1S/C22H25N3O/c1-15-5-3-4-6-18(15)22(26)24-17-7-8-21-19(13-17)20(14-23-21)16-9-11-25(2)12-10-16/h3-8,13-14,16,23H,9-12H2,1-2H3,(H,24,26). The van der Waals surface area contributed by atoms with Crippen molar-refractivity contribution in [2.24, 2.45) is 0 Å². The van der Waals surface area contributed by atoms with Gasteiger partial charge in [0, 0.05) is 28.4 Å². The monoisotopic (exact) mass is 347 g/mol. The van der Waals surface area contributed by atoms with Crippen molar-refractivity contribution in [1.29, 1.82) is 0 Å². The average molecular weight is 347 g/mol. The van der Waals surface area contributed by atoms with Crippen LogP contribution in [-0.2, 0) is 0 Å². The molecular weight excluding hydrogens is 322 g/mol. The van der Waals surface area contributed by atoms with E-state index in [-0.39, 0.29) is 5.91 Å². The third-order valence-corrected chi connectivity index (χ3v) is 5.52. The highest BCUT2D eigenvalue weighted by atomic mass is 16.1. The zero-order valence-electron chi connectivity index (χ0n) is 15.4. The fourth-order valence-corrected chi connectivity index (χ4v) is 3.90. The van der Waals surface area contributed by atoms with Crippen LogP contribution in [0.5, 0.6) is 0 Å². The van der Waals surface area contributed by atoms with Crippen LogP contribution in [0.1, 0.15) is 40.2 Å². The van der Waals surface area contributed by atoms with Gasteiger partial charge in [0.1, 0.15) is 0 Å². The molecule has 1 fully saturated rings. The Bertz CT molecular complexity index is 935. The SMILES string of the molecule is Cc1ccccc1C(=O)Nc1ccc2[nH]cc(C3CCN(C)CC3)c2c1. The summed E-state index contributed by atoms with van der Waals surface area (Å²) >= 11 is 0. The molecule has 1 aromatic heterocycles. The Kier molecular flexibility index (Phi) is 4.51. The molecule has 0 aliphatic carbocycles. The minimum atomic E-state index is -0.0566. The van der Waals surface area contributed by atoms with Crippen LogP contribution in [0.2, 0.25) is 0 Å². The molecule has 134 valence electrons. The van der Waals surface area contributed by atoms with Crippen molar-refractivity contribution >= 4 is 22.5 Å². The molecule has 4 heteroatoms. The molecular formula is C22H25N3O. The molecule has 1 amide bonds. The lowest BCUT2D eigenvalue weighted by Crippen LogP contribution is -2.29. The number of likely N-dealkylation sites (tertiary alicyclic amines) is 1. The number of aryl methyl sites for hydroxylation is 1. The normalized spacial score (nSPS) is 16.1. The number of piperidine rings is 1. The van der Waals surface area contributed by atoms with E-state index >= 15 is 0 Å². The third-order valence-electron chi connectivity index (χ3n) is 5.52. The molecule has 26 heavy (non-hydrogen) atoms. The summed E-state index contributed by atoms with van der Waals surface area (Å²) in [6, 6.07) is 13.8. The van der Waals surface area contributed by atoms with Crippen molar-refractivity contribution in [3.05, 3.63) is 65.4 Å². The van der Waals surface area contributed by atoms with Gasteiger partial charge >= 0.3 is 0 Å². The number of aromatic amines is 1. The predicted molar refractivity (Wildman–Crippen MR) is 107 cm³/mol. The number of carbonyl (C=O) groups is 1. The maximum atomic E-state index is 12.6. The van der Waals surface area contributed by atoms with Crippen LogP contribution in [0.4, 0.5) is 5.69 Å². The van der Waals surface area contributed by atoms with Crippen molar-refractivity contribution < 1.29 is 4.79 Å². The van der Waals surface area contributed by atoms with E-state index < -0.39 is 0 Å². The van der Waals surface area contributed by atoms with Crippen molar-refractivity contribution in [1.82, 2.24) is 9.88 Å². The van der Waals surface area contributed by atoms with Crippen LogP contribution in [0, 0.1) is 6.92 Å². The van der Waals surface area contributed by atoms with Gasteiger partial charge in [-0.15, -0.1) is 0 Å². The Hall–Kier alpha value is -2.59. The van der Waals surface area contributed by atoms with Gasteiger partial charge in [0.2, 0.25) is 0 Å². The van der Waals surface area contributed by atoms with Crippen molar-refractivity contribution in [2.45, 2.75) is 25.7 Å². The first-order valence-corrected chi connectivity index (χ1v) is 9.28. The fourth-order valence-electron chi connectivity index (χ4n) is 3.90. The van der Waals surface area contributed by atoms with Crippen LogP contribution in [0.25, 0.3) is 10.9 Å². The number of hydrogen-bond acceptors (Lipinski definition) is 2. The maximum Gasteiger partial charge on any atom is 0.255 e. The number of carbonyl (C=O) groups excluding carboxylic acids is 1. The van der Waals surface area contributed by atoms with Gasteiger partial charge in [-0.05, 0) is 81.2 Å². The molecule has 2 heterocycles. The Balaban J connectivity index is 1.60. The zero-order valence-corrected chi connectivity index (χ0v) is 15.4. The van der Waals surface area contributed by atoms with Gasteiger partial charge in [-0.3, -0.25) is 4.79 Å². The van der Waals surface area contributed by atoms with E-state index in [0.717, 1.165) is 35.4 Å². The molecule has 2 N–H and O–H groups in total. The Labute approximate surface area is 154 Å². The van der Waals surface area contributed by atoms with E-state index in [1.54, 1.807) is 0 Å². The maximum absolute atomic E-state index is 12.6. The Morgan fingerprint density at radius 1 is 1.15 bits per heavy atom. The summed E-state index contributed by atoms with van der Waals surface area (Å²) in [7, 11) is 2.19. The van der Waals surface area contributed by atoms with Gasteiger partial charge in [0.05, 0.1) is 0 Å². The van der Waals surface area contributed by atoms with Crippen molar-refractivity contribution in [2.75, 3.05) is 25.5 Å². The summed E-state index contributed by atoms with van der Waals surface area (Å²) in [5.74, 6) is 0.529. The van der Waals surface area contributed by atoms with Crippen LogP contribution in [0.15, 0.2) is 48.7 Å². The summed E-state index contributed by atoms with van der Waals surface area (Å²) in [6.45, 7) is 4.24. The molecule has 1 aliphatic heterocycles. The molecule has 1 saturated heterocycles. The number of rotatable bonds is 3. The lowest BCUT2D eigenvalue weighted by molar-refractivity contribution is 0.102. The van der Waals surface area contributed by atoms with E-state index in [1.165, 1.54) is 23.8 Å². The number of anilines is 1. The number of hydrogen-bond donors (Lipinski definition) is 2. The van der Waals surface area contributed by atoms with Gasteiger partial charge in [-0.1, -0.05) is 18.2 Å². The molecule has 0 bridgehead atoms. The topological polar surface area (TPSA) is 48.1 Å². The average Bonchev–Trinajstić information content (AvgIpc) is 3.06. The van der Waals surface area contributed by atoms with E-state index in [1.807, 2.05) is 37.3 Å². The first-order valence-electron chi connectivity index (χ1n) is 9.28. The van der Waals surface area contributed by atoms with Crippen molar-refractivity contribution in [3.63, 3.8) is 0 Å². The Morgan fingerprint density at radius 2 is 1.92 bits per heavy atom. The summed E-state index contributed by atoms with van der Waals surface area (Å²) < 4.78 is 0. The molecule has 0 spiro atoms. The summed E-state index contributed by atoms with van der Waals surface area (Å²) in [6.07, 6.45) is 4.51. The van der Waals surface area contributed by atoms with Crippen LogP contribution >= 0.6 is 0 Å². The van der Waals surface area contributed by atoms with E-state index in [2.05, 4.69) is 40.6 Å². The van der Waals surface area contributed by atoms with E-state index in [9.17, 15) is 4.79 Å². The van der Waals surface area contributed by atoms with Gasteiger partial charge in [-0.25, -0.2) is 0 Å². The smallest absolute Gasteiger partial charge is 0.255 e. The number of H-pyrrole nitrogens is 1. The van der Waals surface area contributed by atoms with Crippen LogP contribution in [0.3, 0.4) is 0 Å². The molecule has 0 saturated carbocycles. The Morgan fingerprint density at radius 3 is 2.69 bits per heavy atom. The lowest BCUT2D eigenvalue weighted by Gasteiger charge is -2.28.